The number of halogens is 6. The summed E-state index contributed by atoms with van der Waals surface area (Å²) in [5, 5.41) is 23.1. The fourth-order valence-electron chi connectivity index (χ4n) is 2.83. The molecule has 3 aromatic carbocycles. The normalized spacial score (nSPS) is 11.7. The van der Waals surface area contributed by atoms with Gasteiger partial charge in [0.05, 0.1) is 10.6 Å². The molecule has 0 radical (unpaired) electrons. The Balaban J connectivity index is 2.07. The van der Waals surface area contributed by atoms with Gasteiger partial charge in [-0.2, -0.15) is 26.3 Å². The molecule has 0 atom stereocenters. The Labute approximate surface area is 186 Å². The van der Waals surface area contributed by atoms with Crippen molar-refractivity contribution in [2.75, 3.05) is 5.32 Å². The Morgan fingerprint density at radius 1 is 0.912 bits per heavy atom. The van der Waals surface area contributed by atoms with E-state index in [0.717, 1.165) is 18.2 Å². The average molecular weight is 486 g/mol. The predicted molar refractivity (Wildman–Crippen MR) is 106 cm³/mol. The number of nitrogens with zero attached hydrogens (tertiary/aromatic N) is 1. The van der Waals surface area contributed by atoms with Gasteiger partial charge in [0.1, 0.15) is 22.6 Å². The van der Waals surface area contributed by atoms with Crippen LogP contribution in [-0.2, 0) is 12.4 Å². The number of carbonyl (C=O) groups is 1. The molecule has 2 N–H and O–H groups in total. The maximum absolute atomic E-state index is 13.5. The summed E-state index contributed by atoms with van der Waals surface area (Å²) in [6, 6.07) is 9.94. The molecule has 0 saturated carbocycles. The molecule has 0 unspecified atom stereocenters. The van der Waals surface area contributed by atoms with Gasteiger partial charge in [-0.05, 0) is 24.3 Å². The van der Waals surface area contributed by atoms with Crippen molar-refractivity contribution in [3.05, 3.63) is 87.5 Å². The van der Waals surface area contributed by atoms with E-state index in [1.165, 1.54) is 12.1 Å². The van der Waals surface area contributed by atoms with E-state index in [9.17, 15) is 46.4 Å². The summed E-state index contributed by atoms with van der Waals surface area (Å²) in [7, 11) is 0. The third-order valence-corrected chi connectivity index (χ3v) is 4.37. The molecule has 1 amide bonds. The fraction of sp³-hybridized carbons (Fsp3) is 0.0952. The van der Waals surface area contributed by atoms with Gasteiger partial charge in [-0.15, -0.1) is 0 Å². The Kier molecular flexibility index (Phi) is 6.39. The second kappa shape index (κ2) is 8.92. The van der Waals surface area contributed by atoms with Gasteiger partial charge in [-0.1, -0.05) is 18.2 Å². The van der Waals surface area contributed by atoms with Crippen LogP contribution in [0, 0.1) is 10.1 Å². The molecule has 34 heavy (non-hydrogen) atoms. The minimum absolute atomic E-state index is 0.0803. The van der Waals surface area contributed by atoms with E-state index in [0.29, 0.717) is 0 Å². The Morgan fingerprint density at radius 2 is 1.47 bits per heavy atom. The van der Waals surface area contributed by atoms with Crippen molar-refractivity contribution in [2.24, 2.45) is 0 Å². The highest BCUT2D eigenvalue weighted by Gasteiger charge is 2.44. The third-order valence-electron chi connectivity index (χ3n) is 4.37. The molecule has 0 bridgehead atoms. The molecule has 7 nitrogen and oxygen atoms in total. The summed E-state index contributed by atoms with van der Waals surface area (Å²) >= 11 is 0. The summed E-state index contributed by atoms with van der Waals surface area (Å²) in [5.41, 5.74) is -5.71. The number of nitrogens with one attached hydrogen (secondary N) is 1. The number of hydrogen-bond donors (Lipinski definition) is 2. The van der Waals surface area contributed by atoms with Gasteiger partial charge in [-0.25, -0.2) is 0 Å². The van der Waals surface area contributed by atoms with Crippen molar-refractivity contribution in [3.63, 3.8) is 0 Å². The van der Waals surface area contributed by atoms with Crippen LogP contribution >= 0.6 is 0 Å². The zero-order valence-electron chi connectivity index (χ0n) is 16.6. The van der Waals surface area contributed by atoms with Crippen LogP contribution in [0.25, 0.3) is 0 Å². The number of phenolic OH excluding ortho intramolecular Hbond substituents is 1. The van der Waals surface area contributed by atoms with E-state index >= 15 is 0 Å². The third kappa shape index (κ3) is 5.36. The van der Waals surface area contributed by atoms with Gasteiger partial charge in [-0.3, -0.25) is 14.9 Å². The lowest BCUT2D eigenvalue weighted by Gasteiger charge is -2.19. The zero-order valence-corrected chi connectivity index (χ0v) is 16.6. The van der Waals surface area contributed by atoms with E-state index < -0.39 is 57.2 Å². The summed E-state index contributed by atoms with van der Waals surface area (Å²) in [6.45, 7) is 0. The van der Waals surface area contributed by atoms with Crippen LogP contribution in [0.15, 0.2) is 60.7 Å². The number of non-ortho nitro benzene ring substituents is 1. The maximum Gasteiger partial charge on any atom is 0.420 e. The van der Waals surface area contributed by atoms with Crippen molar-refractivity contribution < 1.29 is 45.9 Å². The number of amides is 1. The molecule has 13 heteroatoms. The van der Waals surface area contributed by atoms with Gasteiger partial charge in [0.2, 0.25) is 0 Å². The molecular weight excluding hydrogens is 474 g/mol. The lowest BCUT2D eigenvalue weighted by molar-refractivity contribution is -0.385. The SMILES string of the molecule is O=C(Nc1cc(Oc2c(C(F)(F)F)cc([N+](=O)[O-])cc2C(F)(F)F)ccc1O)c1ccccc1. The zero-order chi connectivity index (χ0) is 25.3. The Bertz CT molecular complexity index is 1210. The van der Waals surface area contributed by atoms with E-state index in [2.05, 4.69) is 5.32 Å². The lowest BCUT2D eigenvalue weighted by Crippen LogP contribution is -2.15. The van der Waals surface area contributed by atoms with Crippen LogP contribution in [0.5, 0.6) is 17.2 Å². The van der Waals surface area contributed by atoms with Crippen molar-refractivity contribution in [1.29, 1.82) is 0 Å². The molecule has 3 aromatic rings. The van der Waals surface area contributed by atoms with Crippen LogP contribution in [-0.4, -0.2) is 15.9 Å². The van der Waals surface area contributed by atoms with E-state index in [1.54, 1.807) is 18.2 Å². The summed E-state index contributed by atoms with van der Waals surface area (Å²) in [4.78, 5) is 21.8. The minimum atomic E-state index is -5.44. The van der Waals surface area contributed by atoms with Crippen LogP contribution in [0.3, 0.4) is 0 Å². The molecule has 0 aromatic heterocycles. The van der Waals surface area contributed by atoms with E-state index in [1.807, 2.05) is 0 Å². The smallest absolute Gasteiger partial charge is 0.420 e. The van der Waals surface area contributed by atoms with Crippen LogP contribution in [0.4, 0.5) is 37.7 Å². The molecular formula is C21H12F6N2O5. The number of benzene rings is 3. The standard InChI is InChI=1S/C21H12F6N2O5/c22-20(23,24)14-8-12(29(32)33)9-15(21(25,26)27)18(14)34-13-6-7-17(30)16(10-13)28-19(31)11-4-2-1-3-5-11/h1-10,30H,(H,28,31). The van der Waals surface area contributed by atoms with Crippen molar-refractivity contribution in [2.45, 2.75) is 12.4 Å². The summed E-state index contributed by atoms with van der Waals surface area (Å²) in [5.74, 6) is -3.62. The molecule has 0 saturated heterocycles. The highest BCUT2D eigenvalue weighted by molar-refractivity contribution is 6.05. The summed E-state index contributed by atoms with van der Waals surface area (Å²) in [6.07, 6.45) is -10.9. The first-order chi connectivity index (χ1) is 15.8. The van der Waals surface area contributed by atoms with E-state index in [4.69, 9.17) is 4.74 Å². The summed E-state index contributed by atoms with van der Waals surface area (Å²) < 4.78 is 85.9. The molecule has 0 aliphatic rings. The Morgan fingerprint density at radius 3 is 1.97 bits per heavy atom. The number of ether oxygens (including phenoxy) is 1. The topological polar surface area (TPSA) is 102 Å². The van der Waals surface area contributed by atoms with Crippen molar-refractivity contribution in [1.82, 2.24) is 0 Å². The maximum atomic E-state index is 13.5. The number of rotatable bonds is 5. The molecule has 0 aliphatic carbocycles. The number of nitro benzene ring substituents is 1. The Hall–Kier alpha value is -4.29. The van der Waals surface area contributed by atoms with Gasteiger partial charge in [0.15, 0.2) is 5.75 Å². The van der Waals surface area contributed by atoms with Gasteiger partial charge < -0.3 is 15.2 Å². The highest BCUT2D eigenvalue weighted by atomic mass is 19.4. The first-order valence-corrected chi connectivity index (χ1v) is 9.11. The number of aromatic hydroxyl groups is 1. The molecule has 3 rings (SSSR count). The molecule has 0 heterocycles. The number of phenols is 1. The van der Waals surface area contributed by atoms with Crippen molar-refractivity contribution in [3.8, 4) is 17.2 Å². The van der Waals surface area contributed by atoms with Crippen molar-refractivity contribution >= 4 is 17.3 Å². The number of nitro groups is 1. The van der Waals surface area contributed by atoms with Gasteiger partial charge in [0, 0.05) is 23.8 Å². The number of alkyl halides is 6. The molecule has 178 valence electrons. The quantitative estimate of drug-likeness (QED) is 0.189. The fourth-order valence-corrected chi connectivity index (χ4v) is 2.83. The first-order valence-electron chi connectivity index (χ1n) is 9.11. The van der Waals surface area contributed by atoms with Crippen LogP contribution < -0.4 is 10.1 Å². The molecule has 0 aliphatic heterocycles. The average Bonchev–Trinajstić information content (AvgIpc) is 2.75. The first kappa shape index (κ1) is 24.4. The second-order valence-electron chi connectivity index (χ2n) is 6.72. The predicted octanol–water partition coefficient (Wildman–Crippen LogP) is 6.38. The second-order valence-corrected chi connectivity index (χ2v) is 6.72. The number of hydrogen-bond acceptors (Lipinski definition) is 5. The molecule has 0 fully saturated rings. The van der Waals surface area contributed by atoms with Crippen LogP contribution in [0.2, 0.25) is 0 Å². The number of carbonyl (C=O) groups excluding carboxylic acids is 1. The van der Waals surface area contributed by atoms with Gasteiger partial charge >= 0.3 is 12.4 Å². The minimum Gasteiger partial charge on any atom is -0.506 e. The van der Waals surface area contributed by atoms with Gasteiger partial charge in [0.25, 0.3) is 11.6 Å². The molecule has 0 spiro atoms. The van der Waals surface area contributed by atoms with Crippen LogP contribution in [0.1, 0.15) is 21.5 Å². The lowest BCUT2D eigenvalue weighted by atomic mass is 10.1. The van der Waals surface area contributed by atoms with E-state index in [-0.39, 0.29) is 23.4 Å². The number of anilines is 1. The highest BCUT2D eigenvalue weighted by Crippen LogP contribution is 2.48. The monoisotopic (exact) mass is 486 g/mol. The largest absolute Gasteiger partial charge is 0.506 e.